The van der Waals surface area contributed by atoms with E-state index >= 15 is 0 Å². The molecule has 27 heavy (non-hydrogen) atoms. The number of hydrogen-bond donors (Lipinski definition) is 0. The van der Waals surface area contributed by atoms with Gasteiger partial charge in [0.2, 0.25) is 5.91 Å². The highest BCUT2D eigenvalue weighted by molar-refractivity contribution is 5.94. The molecule has 0 fully saturated rings. The second-order valence-corrected chi connectivity index (χ2v) is 6.68. The summed E-state index contributed by atoms with van der Waals surface area (Å²) >= 11 is 0. The fourth-order valence-corrected chi connectivity index (χ4v) is 3.17. The lowest BCUT2D eigenvalue weighted by Gasteiger charge is -2.23. The molecule has 0 saturated heterocycles. The van der Waals surface area contributed by atoms with E-state index in [4.69, 9.17) is 0 Å². The molecule has 0 unspecified atom stereocenters. The van der Waals surface area contributed by atoms with Crippen LogP contribution in [0.15, 0.2) is 85.2 Å². The molecule has 0 radical (unpaired) electrons. The monoisotopic (exact) mass is 355 g/mol. The van der Waals surface area contributed by atoms with Gasteiger partial charge in [-0.15, -0.1) is 0 Å². The third-order valence-corrected chi connectivity index (χ3v) is 4.55. The zero-order valence-electron chi connectivity index (χ0n) is 15.2. The lowest BCUT2D eigenvalue weighted by molar-refractivity contribution is -0.118. The standard InChI is InChI=1S/C23H21N3O/c1-18-12-13-25-17-20(24-22(25)14-18)15-23(27)26(21-10-6-3-7-11-21)16-19-8-4-2-5-9-19/h2-14,17H,15-16H2,1H3. The lowest BCUT2D eigenvalue weighted by Crippen LogP contribution is -2.31. The summed E-state index contributed by atoms with van der Waals surface area (Å²) in [5.41, 5.74) is 4.79. The highest BCUT2D eigenvalue weighted by atomic mass is 16.2. The van der Waals surface area contributed by atoms with Crippen LogP contribution in [0, 0.1) is 6.92 Å². The second kappa shape index (κ2) is 7.46. The minimum atomic E-state index is 0.0326. The number of carbonyl (C=O) groups excluding carboxylic acids is 1. The van der Waals surface area contributed by atoms with E-state index in [9.17, 15) is 4.79 Å². The summed E-state index contributed by atoms with van der Waals surface area (Å²) in [6.07, 6.45) is 4.17. The van der Waals surface area contributed by atoms with E-state index in [2.05, 4.69) is 4.98 Å². The van der Waals surface area contributed by atoms with Crippen LogP contribution in [0.2, 0.25) is 0 Å². The van der Waals surface area contributed by atoms with Crippen LogP contribution >= 0.6 is 0 Å². The number of rotatable bonds is 5. The van der Waals surface area contributed by atoms with E-state index in [0.29, 0.717) is 6.54 Å². The smallest absolute Gasteiger partial charge is 0.233 e. The Morgan fingerprint density at radius 3 is 2.44 bits per heavy atom. The van der Waals surface area contributed by atoms with Gasteiger partial charge in [0, 0.05) is 18.1 Å². The predicted molar refractivity (Wildman–Crippen MR) is 108 cm³/mol. The summed E-state index contributed by atoms with van der Waals surface area (Å²) in [4.78, 5) is 19.6. The van der Waals surface area contributed by atoms with Crippen LogP contribution in [-0.4, -0.2) is 15.3 Å². The number of hydrogen-bond acceptors (Lipinski definition) is 2. The van der Waals surface area contributed by atoms with Crippen molar-refractivity contribution in [2.45, 2.75) is 19.9 Å². The fourth-order valence-electron chi connectivity index (χ4n) is 3.17. The van der Waals surface area contributed by atoms with Gasteiger partial charge in [-0.25, -0.2) is 4.98 Å². The first-order valence-corrected chi connectivity index (χ1v) is 9.02. The van der Waals surface area contributed by atoms with Gasteiger partial charge in [-0.2, -0.15) is 0 Å². The SMILES string of the molecule is Cc1ccn2cc(CC(=O)N(Cc3ccccc3)c3ccccc3)nc2c1. The Labute approximate surface area is 158 Å². The number of nitrogens with zero attached hydrogens (tertiary/aromatic N) is 3. The van der Waals surface area contributed by atoms with Crippen LogP contribution < -0.4 is 4.90 Å². The number of benzene rings is 2. The Morgan fingerprint density at radius 1 is 1.00 bits per heavy atom. The average Bonchev–Trinajstić information content (AvgIpc) is 3.08. The van der Waals surface area contributed by atoms with Crippen LogP contribution in [0.25, 0.3) is 5.65 Å². The first-order valence-electron chi connectivity index (χ1n) is 9.02. The molecule has 2 heterocycles. The molecule has 4 heteroatoms. The van der Waals surface area contributed by atoms with E-state index in [0.717, 1.165) is 28.2 Å². The topological polar surface area (TPSA) is 37.6 Å². The molecule has 0 aliphatic rings. The van der Waals surface area contributed by atoms with E-state index in [-0.39, 0.29) is 12.3 Å². The van der Waals surface area contributed by atoms with Crippen molar-refractivity contribution in [3.63, 3.8) is 0 Å². The van der Waals surface area contributed by atoms with Gasteiger partial charge in [0.25, 0.3) is 0 Å². The molecular weight excluding hydrogens is 334 g/mol. The maximum absolute atomic E-state index is 13.1. The van der Waals surface area contributed by atoms with Gasteiger partial charge in [-0.3, -0.25) is 4.79 Å². The van der Waals surface area contributed by atoms with Gasteiger partial charge < -0.3 is 9.30 Å². The third kappa shape index (κ3) is 3.90. The Kier molecular flexibility index (Phi) is 4.71. The normalized spacial score (nSPS) is 10.9. The van der Waals surface area contributed by atoms with Crippen molar-refractivity contribution in [1.82, 2.24) is 9.38 Å². The van der Waals surface area contributed by atoms with Crippen LogP contribution in [0.4, 0.5) is 5.69 Å². The second-order valence-electron chi connectivity index (χ2n) is 6.68. The molecule has 0 aliphatic heterocycles. The molecule has 4 nitrogen and oxygen atoms in total. The van der Waals surface area contributed by atoms with Gasteiger partial charge in [0.15, 0.2) is 0 Å². The number of imidazole rings is 1. The molecule has 2 aromatic heterocycles. The van der Waals surface area contributed by atoms with E-state index in [1.807, 2.05) is 101 Å². The van der Waals surface area contributed by atoms with Crippen molar-refractivity contribution in [3.05, 3.63) is 102 Å². The lowest BCUT2D eigenvalue weighted by atomic mass is 10.1. The highest BCUT2D eigenvalue weighted by Crippen LogP contribution is 2.19. The van der Waals surface area contributed by atoms with Gasteiger partial charge in [-0.05, 0) is 42.3 Å². The van der Waals surface area contributed by atoms with Crippen molar-refractivity contribution in [2.24, 2.45) is 0 Å². The number of amides is 1. The highest BCUT2D eigenvalue weighted by Gasteiger charge is 2.18. The maximum Gasteiger partial charge on any atom is 0.233 e. The minimum absolute atomic E-state index is 0.0326. The molecule has 0 bridgehead atoms. The molecule has 2 aromatic carbocycles. The summed E-state index contributed by atoms with van der Waals surface area (Å²) in [5.74, 6) is 0.0326. The molecule has 0 atom stereocenters. The largest absolute Gasteiger partial charge is 0.308 e. The number of anilines is 1. The first-order chi connectivity index (χ1) is 13.2. The first kappa shape index (κ1) is 17.0. The number of pyridine rings is 1. The Balaban J connectivity index is 1.61. The van der Waals surface area contributed by atoms with Gasteiger partial charge in [0.05, 0.1) is 18.7 Å². The Bertz CT molecular complexity index is 1050. The summed E-state index contributed by atoms with van der Waals surface area (Å²) in [6.45, 7) is 2.58. The van der Waals surface area contributed by atoms with E-state index in [1.54, 1.807) is 0 Å². The number of carbonyl (C=O) groups is 1. The average molecular weight is 355 g/mol. The van der Waals surface area contributed by atoms with Gasteiger partial charge in [-0.1, -0.05) is 48.5 Å². The summed E-state index contributed by atoms with van der Waals surface area (Å²) in [6, 6.07) is 23.9. The quantitative estimate of drug-likeness (QED) is 0.531. The zero-order valence-corrected chi connectivity index (χ0v) is 15.2. The molecule has 0 N–H and O–H groups in total. The minimum Gasteiger partial charge on any atom is -0.308 e. The molecular formula is C23H21N3O. The molecule has 4 rings (SSSR count). The molecule has 1 amide bonds. The van der Waals surface area contributed by atoms with Crippen molar-refractivity contribution in [1.29, 1.82) is 0 Å². The molecule has 0 spiro atoms. The summed E-state index contributed by atoms with van der Waals surface area (Å²) < 4.78 is 1.96. The van der Waals surface area contributed by atoms with Crippen LogP contribution in [0.1, 0.15) is 16.8 Å². The number of aromatic nitrogens is 2. The number of aryl methyl sites for hydroxylation is 1. The van der Waals surface area contributed by atoms with Crippen molar-refractivity contribution in [3.8, 4) is 0 Å². The zero-order chi connectivity index (χ0) is 18.6. The molecule has 4 aromatic rings. The van der Waals surface area contributed by atoms with E-state index < -0.39 is 0 Å². The molecule has 134 valence electrons. The predicted octanol–water partition coefficient (Wildman–Crippen LogP) is 4.42. The molecule has 0 saturated carbocycles. The van der Waals surface area contributed by atoms with Gasteiger partial charge in [0.1, 0.15) is 5.65 Å². The van der Waals surface area contributed by atoms with Crippen molar-refractivity contribution >= 4 is 17.2 Å². The van der Waals surface area contributed by atoms with Crippen molar-refractivity contribution in [2.75, 3.05) is 4.90 Å². The van der Waals surface area contributed by atoms with Crippen LogP contribution in [0.5, 0.6) is 0 Å². The Hall–Kier alpha value is -3.40. The van der Waals surface area contributed by atoms with E-state index in [1.165, 1.54) is 0 Å². The van der Waals surface area contributed by atoms with Crippen LogP contribution in [0.3, 0.4) is 0 Å². The summed E-state index contributed by atoms with van der Waals surface area (Å²) in [5, 5.41) is 0. The van der Waals surface area contributed by atoms with Crippen LogP contribution in [-0.2, 0) is 17.8 Å². The fraction of sp³-hybridized carbons (Fsp3) is 0.130. The van der Waals surface area contributed by atoms with Crippen molar-refractivity contribution < 1.29 is 4.79 Å². The number of fused-ring (bicyclic) bond motifs is 1. The summed E-state index contributed by atoms with van der Waals surface area (Å²) in [7, 11) is 0. The van der Waals surface area contributed by atoms with Gasteiger partial charge >= 0.3 is 0 Å². The maximum atomic E-state index is 13.1. The Morgan fingerprint density at radius 2 is 1.70 bits per heavy atom. The number of para-hydroxylation sites is 1. The third-order valence-electron chi connectivity index (χ3n) is 4.55. The molecule has 0 aliphatic carbocycles.